The van der Waals surface area contributed by atoms with E-state index in [4.69, 9.17) is 4.55 Å². The maximum absolute atomic E-state index is 11.8. The minimum Gasteiger partial charge on any atom is -0.282 e. The zero-order chi connectivity index (χ0) is 18.9. The molecule has 26 heavy (non-hydrogen) atoms. The van der Waals surface area contributed by atoms with Gasteiger partial charge in [0.15, 0.2) is 0 Å². The highest BCUT2D eigenvalue weighted by Crippen LogP contribution is 2.29. The molecule has 1 heterocycles. The zero-order valence-electron chi connectivity index (χ0n) is 13.0. The highest BCUT2D eigenvalue weighted by atomic mass is 32.2. The molecule has 2 aromatic carbocycles. The first-order chi connectivity index (χ1) is 12.2. The average Bonchev–Trinajstić information content (AvgIpc) is 2.60. The molecule has 0 spiro atoms. The van der Waals surface area contributed by atoms with Crippen LogP contribution in [0.3, 0.4) is 0 Å². The van der Waals surface area contributed by atoms with E-state index in [2.05, 4.69) is 10.2 Å². The molecule has 1 atom stereocenters. The summed E-state index contributed by atoms with van der Waals surface area (Å²) in [6.07, 6.45) is 0.892. The fourth-order valence-corrected chi connectivity index (χ4v) is 3.66. The number of benzene rings is 2. The normalized spacial score (nSPS) is 17.8. The molecule has 0 bridgehead atoms. The van der Waals surface area contributed by atoms with Gasteiger partial charge in [0.25, 0.3) is 10.1 Å². The van der Waals surface area contributed by atoms with Gasteiger partial charge in [-0.05, 0) is 17.7 Å². The SMILES string of the molecule is O=S(=O)(O)c1ccc(C2=NN=CN(S(=O)(=O)O)C2c2ccccc2)cc1. The standard InChI is InChI=1S/C15H13N3O6S2/c19-25(20,21)13-8-6-11(7-9-13)14-15(12-4-2-1-3-5-12)18(10-16-17-14)26(22,23)24/h1-10,15H,(H,19,20,21)(H,22,23,24). The molecule has 2 aromatic rings. The number of rotatable bonds is 4. The van der Waals surface area contributed by atoms with Crippen LogP contribution in [0.25, 0.3) is 0 Å². The van der Waals surface area contributed by atoms with Crippen LogP contribution >= 0.6 is 0 Å². The van der Waals surface area contributed by atoms with E-state index in [9.17, 15) is 21.4 Å². The summed E-state index contributed by atoms with van der Waals surface area (Å²) in [4.78, 5) is -0.316. The molecule has 0 radical (unpaired) electrons. The third kappa shape index (κ3) is 3.65. The molecule has 9 nitrogen and oxygen atoms in total. The smallest absolute Gasteiger partial charge is 0.282 e. The van der Waals surface area contributed by atoms with Crippen molar-refractivity contribution >= 4 is 32.5 Å². The Morgan fingerprint density at radius 3 is 2.04 bits per heavy atom. The van der Waals surface area contributed by atoms with Crippen LogP contribution in [0.15, 0.2) is 69.7 Å². The van der Waals surface area contributed by atoms with Gasteiger partial charge in [0.2, 0.25) is 0 Å². The predicted molar refractivity (Wildman–Crippen MR) is 93.9 cm³/mol. The van der Waals surface area contributed by atoms with Crippen LogP contribution in [0, 0.1) is 0 Å². The summed E-state index contributed by atoms with van der Waals surface area (Å²) in [5, 5.41) is 7.58. The van der Waals surface area contributed by atoms with Crippen molar-refractivity contribution in [2.24, 2.45) is 10.2 Å². The third-order valence-corrected chi connectivity index (χ3v) is 5.38. The Kier molecular flexibility index (Phi) is 4.63. The monoisotopic (exact) mass is 395 g/mol. The fourth-order valence-electron chi connectivity index (χ4n) is 2.53. The van der Waals surface area contributed by atoms with E-state index in [0.717, 1.165) is 18.5 Å². The molecule has 0 saturated heterocycles. The summed E-state index contributed by atoms with van der Waals surface area (Å²) in [6, 6.07) is 12.5. The first kappa shape index (κ1) is 18.2. The van der Waals surface area contributed by atoms with Gasteiger partial charge in [0.05, 0.1) is 10.6 Å². The first-order valence-corrected chi connectivity index (χ1v) is 10.0. The van der Waals surface area contributed by atoms with Crippen molar-refractivity contribution in [1.82, 2.24) is 4.31 Å². The molecule has 1 aliphatic rings. The second-order valence-electron chi connectivity index (χ2n) is 5.34. The van der Waals surface area contributed by atoms with Gasteiger partial charge in [-0.3, -0.25) is 9.11 Å². The molecule has 0 aromatic heterocycles. The van der Waals surface area contributed by atoms with Crippen molar-refractivity contribution in [3.8, 4) is 0 Å². The van der Waals surface area contributed by atoms with Gasteiger partial charge in [-0.25, -0.2) is 4.31 Å². The number of nitrogens with zero attached hydrogens (tertiary/aromatic N) is 3. The van der Waals surface area contributed by atoms with E-state index >= 15 is 0 Å². The summed E-state index contributed by atoms with van der Waals surface area (Å²) in [6.45, 7) is 0. The Bertz CT molecular complexity index is 1080. The molecule has 0 amide bonds. The van der Waals surface area contributed by atoms with Gasteiger partial charge in [-0.15, -0.1) is 5.10 Å². The molecule has 0 saturated carbocycles. The molecule has 1 unspecified atom stereocenters. The van der Waals surface area contributed by atoms with Crippen molar-refractivity contribution in [3.05, 3.63) is 65.7 Å². The van der Waals surface area contributed by atoms with E-state index < -0.39 is 26.5 Å². The lowest BCUT2D eigenvalue weighted by molar-refractivity contribution is 0.408. The van der Waals surface area contributed by atoms with Crippen LogP contribution in [0.4, 0.5) is 0 Å². The van der Waals surface area contributed by atoms with Gasteiger partial charge < -0.3 is 0 Å². The molecule has 136 valence electrons. The van der Waals surface area contributed by atoms with E-state index in [1.54, 1.807) is 30.3 Å². The first-order valence-electron chi connectivity index (χ1n) is 7.18. The summed E-state index contributed by atoms with van der Waals surface area (Å²) in [5.74, 6) is 0. The molecule has 11 heteroatoms. The topological polar surface area (TPSA) is 137 Å². The quantitative estimate of drug-likeness (QED) is 0.753. The fraction of sp³-hybridized carbons (Fsp3) is 0.0667. The van der Waals surface area contributed by atoms with Crippen molar-refractivity contribution in [2.75, 3.05) is 0 Å². The lowest BCUT2D eigenvalue weighted by Gasteiger charge is -2.30. The lowest BCUT2D eigenvalue weighted by Crippen LogP contribution is -2.39. The molecule has 1 aliphatic heterocycles. The highest BCUT2D eigenvalue weighted by Gasteiger charge is 2.34. The summed E-state index contributed by atoms with van der Waals surface area (Å²) < 4.78 is 65.1. The van der Waals surface area contributed by atoms with Crippen LogP contribution in [0.1, 0.15) is 17.2 Å². The average molecular weight is 395 g/mol. The molecule has 3 rings (SSSR count). The second kappa shape index (κ2) is 6.61. The van der Waals surface area contributed by atoms with Crippen LogP contribution in [-0.2, 0) is 20.4 Å². The molecule has 0 aliphatic carbocycles. The van der Waals surface area contributed by atoms with Gasteiger partial charge in [0.1, 0.15) is 12.4 Å². The Morgan fingerprint density at radius 2 is 1.50 bits per heavy atom. The van der Waals surface area contributed by atoms with Crippen LogP contribution < -0.4 is 0 Å². The zero-order valence-corrected chi connectivity index (χ0v) is 14.7. The molecular weight excluding hydrogens is 382 g/mol. The molecular formula is C15H13N3O6S2. The minimum absolute atomic E-state index is 0.179. The Labute approximate surface area is 149 Å². The number of hydrogen-bond donors (Lipinski definition) is 2. The molecule has 2 N–H and O–H groups in total. The van der Waals surface area contributed by atoms with E-state index in [-0.39, 0.29) is 10.6 Å². The van der Waals surface area contributed by atoms with Crippen LogP contribution in [0.2, 0.25) is 0 Å². The van der Waals surface area contributed by atoms with E-state index in [0.29, 0.717) is 15.4 Å². The van der Waals surface area contributed by atoms with Gasteiger partial charge >= 0.3 is 10.3 Å². The summed E-state index contributed by atoms with van der Waals surface area (Å²) in [5.41, 5.74) is 1.07. The number of hydrogen-bond acceptors (Lipinski definition) is 6. The molecule has 0 fully saturated rings. The predicted octanol–water partition coefficient (Wildman–Crippen LogP) is 1.53. The van der Waals surface area contributed by atoms with Crippen molar-refractivity contribution in [1.29, 1.82) is 0 Å². The third-order valence-electron chi connectivity index (χ3n) is 3.67. The maximum atomic E-state index is 11.8. The highest BCUT2D eigenvalue weighted by molar-refractivity contribution is 7.85. The van der Waals surface area contributed by atoms with Crippen LogP contribution in [0.5, 0.6) is 0 Å². The minimum atomic E-state index is -4.63. The van der Waals surface area contributed by atoms with E-state index in [1.165, 1.54) is 12.1 Å². The van der Waals surface area contributed by atoms with Crippen molar-refractivity contribution < 1.29 is 25.9 Å². The van der Waals surface area contributed by atoms with Gasteiger partial charge in [-0.1, -0.05) is 42.5 Å². The van der Waals surface area contributed by atoms with Crippen molar-refractivity contribution in [3.63, 3.8) is 0 Å². The second-order valence-corrected chi connectivity index (χ2v) is 8.08. The van der Waals surface area contributed by atoms with Gasteiger partial charge in [0, 0.05) is 5.56 Å². The van der Waals surface area contributed by atoms with Crippen molar-refractivity contribution in [2.45, 2.75) is 10.9 Å². The largest absolute Gasteiger partial charge is 0.361 e. The Hall–Kier alpha value is -2.60. The Balaban J connectivity index is 2.12. The van der Waals surface area contributed by atoms with E-state index in [1.807, 2.05) is 0 Å². The Morgan fingerprint density at radius 1 is 0.885 bits per heavy atom. The van der Waals surface area contributed by atoms with Gasteiger partial charge in [-0.2, -0.15) is 21.9 Å². The lowest BCUT2D eigenvalue weighted by atomic mass is 9.96. The summed E-state index contributed by atoms with van der Waals surface area (Å²) >= 11 is 0. The van der Waals surface area contributed by atoms with Crippen LogP contribution in [-0.4, -0.2) is 42.3 Å². The maximum Gasteiger partial charge on any atom is 0.361 e. The summed E-state index contributed by atoms with van der Waals surface area (Å²) in [7, 11) is -8.99.